The number of nitrogens with one attached hydrogen (secondary N) is 2. The van der Waals surface area contributed by atoms with E-state index in [1.165, 1.54) is 0 Å². The molecule has 1 heterocycles. The number of amides is 1. The maximum Gasteiger partial charge on any atom is 0.289 e. The second kappa shape index (κ2) is 7.44. The number of nitrogens with zero attached hydrogens (tertiary/aromatic N) is 2. The fourth-order valence-electron chi connectivity index (χ4n) is 2.29. The predicted molar refractivity (Wildman–Crippen MR) is 96.7 cm³/mol. The van der Waals surface area contributed by atoms with Crippen molar-refractivity contribution in [3.8, 4) is 17.0 Å². The van der Waals surface area contributed by atoms with Crippen LogP contribution in [0.1, 0.15) is 23.0 Å². The Morgan fingerprint density at radius 3 is 2.52 bits per heavy atom. The first kappa shape index (κ1) is 16.4. The van der Waals surface area contributed by atoms with Gasteiger partial charge in [0.1, 0.15) is 11.4 Å². The standard InChI is InChI=1S/C19H18N4O2/c1-13(14-8-10-16(25-2)11-9-14)20-23-19(24)18-12-17(21-22-18)15-6-4-3-5-7-15/h3-12H,1-2H3,(H,21,22)(H,23,24). The average molecular weight is 334 g/mol. The molecule has 6 nitrogen and oxygen atoms in total. The third-order valence-corrected chi connectivity index (χ3v) is 3.72. The Bertz CT molecular complexity index is 883. The number of H-pyrrole nitrogens is 1. The summed E-state index contributed by atoms with van der Waals surface area (Å²) >= 11 is 0. The highest BCUT2D eigenvalue weighted by Gasteiger charge is 2.10. The summed E-state index contributed by atoms with van der Waals surface area (Å²) in [6.45, 7) is 1.82. The molecule has 1 aromatic heterocycles. The van der Waals surface area contributed by atoms with Gasteiger partial charge in [-0.3, -0.25) is 9.89 Å². The summed E-state index contributed by atoms with van der Waals surface area (Å²) in [7, 11) is 1.62. The highest BCUT2D eigenvalue weighted by atomic mass is 16.5. The maximum atomic E-state index is 12.2. The van der Waals surface area contributed by atoms with Crippen LogP contribution in [0.3, 0.4) is 0 Å². The molecule has 0 radical (unpaired) electrons. The average Bonchev–Trinajstić information content (AvgIpc) is 3.17. The minimum absolute atomic E-state index is 0.345. The number of hydrogen-bond donors (Lipinski definition) is 2. The molecule has 0 aliphatic carbocycles. The molecule has 2 N–H and O–H groups in total. The van der Waals surface area contributed by atoms with Gasteiger partial charge >= 0.3 is 0 Å². The van der Waals surface area contributed by atoms with Crippen LogP contribution in [0.2, 0.25) is 0 Å². The molecule has 0 unspecified atom stereocenters. The quantitative estimate of drug-likeness (QED) is 0.555. The van der Waals surface area contributed by atoms with Crippen molar-refractivity contribution in [2.24, 2.45) is 5.10 Å². The van der Waals surface area contributed by atoms with Crippen LogP contribution in [0.15, 0.2) is 65.8 Å². The number of rotatable bonds is 5. The molecule has 0 spiro atoms. The van der Waals surface area contributed by atoms with Crippen LogP contribution >= 0.6 is 0 Å². The van der Waals surface area contributed by atoms with E-state index in [9.17, 15) is 4.79 Å². The molecule has 0 atom stereocenters. The van der Waals surface area contributed by atoms with Crippen molar-refractivity contribution in [3.63, 3.8) is 0 Å². The lowest BCUT2D eigenvalue weighted by Gasteiger charge is -2.03. The van der Waals surface area contributed by atoms with Gasteiger partial charge in [-0.2, -0.15) is 10.2 Å². The molecule has 0 fully saturated rings. The molecule has 0 saturated carbocycles. The number of aromatic nitrogens is 2. The van der Waals surface area contributed by atoms with E-state index in [-0.39, 0.29) is 5.91 Å². The number of aromatic amines is 1. The van der Waals surface area contributed by atoms with Crippen molar-refractivity contribution in [1.82, 2.24) is 15.6 Å². The molecule has 126 valence electrons. The van der Waals surface area contributed by atoms with Gasteiger partial charge in [0.25, 0.3) is 5.91 Å². The van der Waals surface area contributed by atoms with Crippen molar-refractivity contribution >= 4 is 11.6 Å². The van der Waals surface area contributed by atoms with Gasteiger partial charge in [0.2, 0.25) is 0 Å². The first-order chi connectivity index (χ1) is 12.2. The molecule has 0 saturated heterocycles. The highest BCUT2D eigenvalue weighted by molar-refractivity contribution is 6.00. The lowest BCUT2D eigenvalue weighted by molar-refractivity contribution is 0.0950. The van der Waals surface area contributed by atoms with Crippen molar-refractivity contribution in [2.75, 3.05) is 7.11 Å². The lowest BCUT2D eigenvalue weighted by atomic mass is 10.1. The van der Waals surface area contributed by atoms with Crippen molar-refractivity contribution in [1.29, 1.82) is 0 Å². The van der Waals surface area contributed by atoms with E-state index in [0.717, 1.165) is 16.9 Å². The molecule has 2 aromatic carbocycles. The lowest BCUT2D eigenvalue weighted by Crippen LogP contribution is -2.19. The summed E-state index contributed by atoms with van der Waals surface area (Å²) in [6.07, 6.45) is 0. The molecule has 3 aromatic rings. The monoisotopic (exact) mass is 334 g/mol. The number of methoxy groups -OCH3 is 1. The number of hydrogen-bond acceptors (Lipinski definition) is 4. The fourth-order valence-corrected chi connectivity index (χ4v) is 2.29. The van der Waals surface area contributed by atoms with E-state index in [1.54, 1.807) is 13.2 Å². The Balaban J connectivity index is 1.68. The van der Waals surface area contributed by atoms with Gasteiger partial charge in [0.15, 0.2) is 0 Å². The number of benzene rings is 2. The van der Waals surface area contributed by atoms with Gasteiger partial charge in [-0.25, -0.2) is 5.43 Å². The highest BCUT2D eigenvalue weighted by Crippen LogP contribution is 2.17. The number of hydrazone groups is 1. The molecule has 0 aliphatic rings. The van der Waals surface area contributed by atoms with Crippen LogP contribution in [-0.2, 0) is 0 Å². The van der Waals surface area contributed by atoms with Gasteiger partial charge in [-0.15, -0.1) is 0 Å². The molecular weight excluding hydrogens is 316 g/mol. The van der Waals surface area contributed by atoms with Crippen molar-refractivity contribution in [2.45, 2.75) is 6.92 Å². The van der Waals surface area contributed by atoms with E-state index >= 15 is 0 Å². The Morgan fingerprint density at radius 1 is 1.12 bits per heavy atom. The number of ether oxygens (including phenoxy) is 1. The summed E-state index contributed by atoms with van der Waals surface area (Å²) in [6, 6.07) is 18.8. The number of carbonyl (C=O) groups excluding carboxylic acids is 1. The predicted octanol–water partition coefficient (Wildman–Crippen LogP) is 3.24. The number of carbonyl (C=O) groups is 1. The van der Waals surface area contributed by atoms with Gasteiger partial charge < -0.3 is 4.74 Å². The van der Waals surface area contributed by atoms with Crippen molar-refractivity contribution < 1.29 is 9.53 Å². The van der Waals surface area contributed by atoms with E-state index in [2.05, 4.69) is 20.7 Å². The summed E-state index contributed by atoms with van der Waals surface area (Å²) in [5.74, 6) is 0.425. The Kier molecular flexibility index (Phi) is 4.89. The van der Waals surface area contributed by atoms with Gasteiger partial charge in [0, 0.05) is 5.56 Å². The Hall–Kier alpha value is -3.41. The third-order valence-electron chi connectivity index (χ3n) is 3.72. The molecule has 25 heavy (non-hydrogen) atoms. The SMILES string of the molecule is COc1ccc(C(C)=NNC(=O)c2cc(-c3ccccc3)n[nH]2)cc1. The summed E-state index contributed by atoms with van der Waals surface area (Å²) in [5.41, 5.74) is 6.13. The Labute approximate surface area is 145 Å². The minimum Gasteiger partial charge on any atom is -0.497 e. The Morgan fingerprint density at radius 2 is 1.84 bits per heavy atom. The largest absolute Gasteiger partial charge is 0.497 e. The second-order valence-electron chi connectivity index (χ2n) is 5.40. The van der Waals surface area contributed by atoms with Crippen LogP contribution in [0.4, 0.5) is 0 Å². The van der Waals surface area contributed by atoms with E-state index in [1.807, 2.05) is 61.5 Å². The first-order valence-corrected chi connectivity index (χ1v) is 7.77. The normalized spacial score (nSPS) is 11.2. The maximum absolute atomic E-state index is 12.2. The summed E-state index contributed by atoms with van der Waals surface area (Å²) in [5, 5.41) is 11.0. The smallest absolute Gasteiger partial charge is 0.289 e. The van der Waals surface area contributed by atoms with Crippen LogP contribution < -0.4 is 10.2 Å². The van der Waals surface area contributed by atoms with Crippen molar-refractivity contribution in [3.05, 3.63) is 71.9 Å². The topological polar surface area (TPSA) is 79.4 Å². The molecule has 0 aliphatic heterocycles. The molecule has 3 rings (SSSR count). The van der Waals surface area contributed by atoms with Gasteiger partial charge in [0.05, 0.1) is 18.5 Å². The van der Waals surface area contributed by atoms with Crippen LogP contribution in [0, 0.1) is 0 Å². The van der Waals surface area contributed by atoms with Crippen LogP contribution in [-0.4, -0.2) is 28.9 Å². The molecule has 1 amide bonds. The first-order valence-electron chi connectivity index (χ1n) is 7.77. The third kappa shape index (κ3) is 3.92. The van der Waals surface area contributed by atoms with Crippen LogP contribution in [0.25, 0.3) is 11.3 Å². The van der Waals surface area contributed by atoms with Gasteiger partial charge in [-0.1, -0.05) is 30.3 Å². The zero-order chi connectivity index (χ0) is 17.6. The van der Waals surface area contributed by atoms with Gasteiger partial charge in [-0.05, 0) is 42.8 Å². The van der Waals surface area contributed by atoms with E-state index in [4.69, 9.17) is 4.74 Å². The van der Waals surface area contributed by atoms with Crippen LogP contribution in [0.5, 0.6) is 5.75 Å². The summed E-state index contributed by atoms with van der Waals surface area (Å²) < 4.78 is 5.12. The molecule has 6 heteroatoms. The zero-order valence-corrected chi connectivity index (χ0v) is 14.0. The van der Waals surface area contributed by atoms with E-state index < -0.39 is 0 Å². The molecule has 0 bridgehead atoms. The zero-order valence-electron chi connectivity index (χ0n) is 14.0. The summed E-state index contributed by atoms with van der Waals surface area (Å²) in [4.78, 5) is 12.2. The minimum atomic E-state index is -0.345. The fraction of sp³-hybridized carbons (Fsp3) is 0.105. The molecular formula is C19H18N4O2. The second-order valence-corrected chi connectivity index (χ2v) is 5.40. The van der Waals surface area contributed by atoms with E-state index in [0.29, 0.717) is 17.1 Å².